The van der Waals surface area contributed by atoms with Crippen LogP contribution in [-0.4, -0.2) is 37.7 Å². The van der Waals surface area contributed by atoms with Gasteiger partial charge >= 0.3 is 0 Å². The van der Waals surface area contributed by atoms with E-state index in [2.05, 4.69) is 15.5 Å². The summed E-state index contributed by atoms with van der Waals surface area (Å²) in [6.07, 6.45) is 0.602. The molecule has 38 heavy (non-hydrogen) atoms. The Bertz CT molecular complexity index is 1480. The molecule has 0 fully saturated rings. The van der Waals surface area contributed by atoms with Gasteiger partial charge in [0.1, 0.15) is 0 Å². The van der Waals surface area contributed by atoms with Crippen LogP contribution in [0.2, 0.25) is 5.02 Å². The van der Waals surface area contributed by atoms with Crippen molar-refractivity contribution in [1.82, 2.24) is 14.8 Å². The Kier molecular flexibility index (Phi) is 7.31. The van der Waals surface area contributed by atoms with Crippen LogP contribution in [-0.2, 0) is 11.3 Å². The maximum absolute atomic E-state index is 12.9. The third-order valence-corrected chi connectivity index (χ3v) is 7.83. The number of hydrogen-bond acceptors (Lipinski definition) is 6. The summed E-state index contributed by atoms with van der Waals surface area (Å²) in [7, 11) is 0. The molecule has 1 aromatic heterocycles. The Hall–Kier alpha value is -3.95. The first-order valence-electron chi connectivity index (χ1n) is 12.2. The van der Waals surface area contributed by atoms with Gasteiger partial charge < -0.3 is 9.88 Å². The van der Waals surface area contributed by atoms with Crippen LogP contribution < -0.4 is 10.2 Å². The van der Waals surface area contributed by atoms with E-state index >= 15 is 0 Å². The first-order chi connectivity index (χ1) is 18.4. The normalized spacial score (nSPS) is 13.5. The highest BCUT2D eigenvalue weighted by Crippen LogP contribution is 2.32. The number of thioether (sulfide) groups is 1. The largest absolute Gasteiger partial charge is 0.325 e. The fourth-order valence-electron chi connectivity index (χ4n) is 4.26. The lowest BCUT2D eigenvalue weighted by atomic mass is 10.1. The minimum absolute atomic E-state index is 0.127. The van der Waals surface area contributed by atoms with Crippen molar-refractivity contribution in [2.75, 3.05) is 10.2 Å². The molecule has 4 aromatic rings. The maximum Gasteiger partial charge on any atom is 0.266 e. The van der Waals surface area contributed by atoms with Crippen molar-refractivity contribution in [3.05, 3.63) is 88.9 Å². The number of anilines is 2. The number of nitrogens with one attached hydrogen (secondary N) is 1. The zero-order valence-electron chi connectivity index (χ0n) is 20.7. The summed E-state index contributed by atoms with van der Waals surface area (Å²) in [6, 6.07) is 20.9. The Balaban J connectivity index is 1.34. The van der Waals surface area contributed by atoms with E-state index in [0.29, 0.717) is 51.5 Å². The van der Waals surface area contributed by atoms with Crippen LogP contribution in [0, 0.1) is 0 Å². The minimum Gasteiger partial charge on any atom is -0.325 e. The number of hydrogen-bond donors (Lipinski definition) is 1. The molecule has 192 valence electrons. The van der Waals surface area contributed by atoms with Gasteiger partial charge in [0.05, 0.1) is 22.1 Å². The fourth-order valence-corrected chi connectivity index (χ4v) is 5.41. The van der Waals surface area contributed by atoms with Crippen LogP contribution in [0.5, 0.6) is 0 Å². The van der Waals surface area contributed by atoms with Gasteiger partial charge in [0, 0.05) is 22.8 Å². The molecule has 1 aliphatic rings. The van der Waals surface area contributed by atoms with Gasteiger partial charge in [0.2, 0.25) is 5.91 Å². The van der Waals surface area contributed by atoms with E-state index in [1.54, 1.807) is 60.7 Å². The lowest BCUT2D eigenvalue weighted by Gasteiger charge is -2.16. The van der Waals surface area contributed by atoms with Crippen molar-refractivity contribution < 1.29 is 14.4 Å². The summed E-state index contributed by atoms with van der Waals surface area (Å²) in [5.74, 6) is -0.165. The first-order valence-corrected chi connectivity index (χ1v) is 13.4. The van der Waals surface area contributed by atoms with Gasteiger partial charge in [-0.15, -0.1) is 10.2 Å². The summed E-state index contributed by atoms with van der Waals surface area (Å²) in [5, 5.41) is 12.5. The highest BCUT2D eigenvalue weighted by Gasteiger charge is 2.36. The summed E-state index contributed by atoms with van der Waals surface area (Å²) < 4.78 is 1.94. The summed E-state index contributed by atoms with van der Waals surface area (Å²) in [5.41, 5.74) is 2.75. The number of carbonyl (C=O) groups is 3. The molecule has 2 heterocycles. The molecule has 1 aliphatic heterocycles. The quantitative estimate of drug-likeness (QED) is 0.218. The van der Waals surface area contributed by atoms with Gasteiger partial charge in [0.25, 0.3) is 11.8 Å². The number of imide groups is 1. The van der Waals surface area contributed by atoms with Crippen LogP contribution in [0.25, 0.3) is 11.4 Å². The fraction of sp³-hybridized carbons (Fsp3) is 0.179. The maximum atomic E-state index is 12.9. The molecule has 0 radical (unpaired) electrons. The Morgan fingerprint density at radius 2 is 1.55 bits per heavy atom. The van der Waals surface area contributed by atoms with Crippen molar-refractivity contribution >= 4 is 52.5 Å². The van der Waals surface area contributed by atoms with Crippen molar-refractivity contribution in [3.63, 3.8) is 0 Å². The molecule has 0 saturated heterocycles. The standard InChI is InChI=1S/C28H24ClN5O3S/c1-3-23(25(35)30-19-13-11-18(29)12-14-19)38-28-32-31-24(33(28)4-2)17-9-15-20(16-10-17)34-26(36)21-7-5-6-8-22(21)27(34)37/h5-16,23H,3-4H2,1-2H3,(H,30,35). The number of benzene rings is 3. The van der Waals surface area contributed by atoms with E-state index in [4.69, 9.17) is 11.6 Å². The van der Waals surface area contributed by atoms with Crippen LogP contribution in [0.1, 0.15) is 41.0 Å². The first kappa shape index (κ1) is 25.7. The molecular weight excluding hydrogens is 522 g/mol. The number of carbonyl (C=O) groups excluding carboxylic acids is 3. The number of amides is 3. The lowest BCUT2D eigenvalue weighted by molar-refractivity contribution is -0.115. The SMILES string of the molecule is CCC(Sc1nnc(-c2ccc(N3C(=O)c4ccccc4C3=O)cc2)n1CC)C(=O)Nc1ccc(Cl)cc1. The number of halogens is 1. The molecule has 1 atom stereocenters. The van der Waals surface area contributed by atoms with Crippen molar-refractivity contribution in [3.8, 4) is 11.4 Å². The molecule has 3 amide bonds. The topological polar surface area (TPSA) is 97.2 Å². The lowest BCUT2D eigenvalue weighted by Crippen LogP contribution is -2.29. The summed E-state index contributed by atoms with van der Waals surface area (Å²) in [4.78, 5) is 39.8. The van der Waals surface area contributed by atoms with Crippen molar-refractivity contribution in [1.29, 1.82) is 0 Å². The average Bonchev–Trinajstić information content (AvgIpc) is 3.46. The number of fused-ring (bicyclic) bond motifs is 1. The second-order valence-electron chi connectivity index (χ2n) is 8.60. The van der Waals surface area contributed by atoms with Crippen LogP contribution in [0.3, 0.4) is 0 Å². The Morgan fingerprint density at radius 1 is 0.921 bits per heavy atom. The van der Waals surface area contributed by atoms with Crippen LogP contribution in [0.4, 0.5) is 11.4 Å². The second kappa shape index (κ2) is 10.8. The smallest absolute Gasteiger partial charge is 0.266 e. The molecule has 5 rings (SSSR count). The van der Waals surface area contributed by atoms with Gasteiger partial charge in [-0.3, -0.25) is 14.4 Å². The molecule has 1 unspecified atom stereocenters. The van der Waals surface area contributed by atoms with Crippen molar-refractivity contribution in [2.45, 2.75) is 37.2 Å². The highest BCUT2D eigenvalue weighted by atomic mass is 35.5. The van der Waals surface area contributed by atoms with Gasteiger partial charge in [-0.2, -0.15) is 0 Å². The molecule has 1 N–H and O–H groups in total. The minimum atomic E-state index is -0.371. The molecule has 3 aromatic carbocycles. The molecular formula is C28H24ClN5O3S. The zero-order valence-corrected chi connectivity index (χ0v) is 22.3. The van der Waals surface area contributed by atoms with Crippen LogP contribution >= 0.6 is 23.4 Å². The van der Waals surface area contributed by atoms with E-state index in [1.807, 2.05) is 30.5 Å². The molecule has 0 saturated carbocycles. The average molecular weight is 546 g/mol. The van der Waals surface area contributed by atoms with E-state index in [-0.39, 0.29) is 23.0 Å². The number of nitrogens with zero attached hydrogens (tertiary/aromatic N) is 4. The van der Waals surface area contributed by atoms with Crippen molar-refractivity contribution in [2.24, 2.45) is 0 Å². The van der Waals surface area contributed by atoms with E-state index in [9.17, 15) is 14.4 Å². The predicted octanol–water partition coefficient (Wildman–Crippen LogP) is 5.93. The molecule has 0 aliphatic carbocycles. The Morgan fingerprint density at radius 3 is 2.13 bits per heavy atom. The van der Waals surface area contributed by atoms with E-state index < -0.39 is 0 Å². The van der Waals surface area contributed by atoms with Gasteiger partial charge in [0.15, 0.2) is 11.0 Å². The highest BCUT2D eigenvalue weighted by molar-refractivity contribution is 8.00. The Labute approximate surface area is 229 Å². The monoisotopic (exact) mass is 545 g/mol. The van der Waals surface area contributed by atoms with Crippen LogP contribution in [0.15, 0.2) is 78.0 Å². The summed E-state index contributed by atoms with van der Waals surface area (Å²) in [6.45, 7) is 4.53. The molecule has 8 nitrogen and oxygen atoms in total. The van der Waals surface area contributed by atoms with E-state index in [1.165, 1.54) is 16.7 Å². The molecule has 0 bridgehead atoms. The predicted molar refractivity (Wildman–Crippen MR) is 149 cm³/mol. The summed E-state index contributed by atoms with van der Waals surface area (Å²) >= 11 is 7.29. The van der Waals surface area contributed by atoms with Gasteiger partial charge in [-0.1, -0.05) is 42.4 Å². The number of rotatable bonds is 8. The van der Waals surface area contributed by atoms with Gasteiger partial charge in [-0.25, -0.2) is 4.90 Å². The van der Waals surface area contributed by atoms with E-state index in [0.717, 1.165) is 5.56 Å². The zero-order chi connectivity index (χ0) is 26.8. The number of aromatic nitrogens is 3. The third kappa shape index (κ3) is 4.82. The van der Waals surface area contributed by atoms with Gasteiger partial charge in [-0.05, 0) is 74.0 Å². The molecule has 0 spiro atoms. The second-order valence-corrected chi connectivity index (χ2v) is 10.2. The third-order valence-electron chi connectivity index (χ3n) is 6.23. The molecule has 10 heteroatoms.